The van der Waals surface area contributed by atoms with Crippen LogP contribution in [0.4, 0.5) is 5.13 Å². The van der Waals surface area contributed by atoms with Gasteiger partial charge in [-0.1, -0.05) is 41.2 Å². The Balaban J connectivity index is 1.85. The number of ether oxygens (including phenoxy) is 1. The number of anilines is 1. The number of aromatic nitrogens is 2. The summed E-state index contributed by atoms with van der Waals surface area (Å²) in [5.41, 5.74) is 2.18. The highest BCUT2D eigenvalue weighted by molar-refractivity contribution is 7.15. The predicted molar refractivity (Wildman–Crippen MR) is 123 cm³/mol. The molecule has 1 aromatic heterocycles. The van der Waals surface area contributed by atoms with Crippen molar-refractivity contribution in [2.45, 2.75) is 39.8 Å². The number of aliphatic hydroxyl groups excluding tert-OH is 1. The van der Waals surface area contributed by atoms with Gasteiger partial charge in [0.2, 0.25) is 5.13 Å². The normalized spacial score (nSPS) is 17.9. The van der Waals surface area contributed by atoms with E-state index in [1.807, 2.05) is 45.0 Å². The summed E-state index contributed by atoms with van der Waals surface area (Å²) in [5.74, 6) is -1.10. The van der Waals surface area contributed by atoms with E-state index in [1.54, 1.807) is 31.2 Å². The minimum Gasteiger partial charge on any atom is -0.507 e. The second-order valence-electron chi connectivity index (χ2n) is 7.87. The Labute approximate surface area is 190 Å². The van der Waals surface area contributed by atoms with Crippen molar-refractivity contribution in [3.8, 4) is 5.75 Å². The van der Waals surface area contributed by atoms with Gasteiger partial charge in [-0.25, -0.2) is 0 Å². The molecule has 32 heavy (non-hydrogen) atoms. The maximum atomic E-state index is 13.1. The van der Waals surface area contributed by atoms with E-state index < -0.39 is 17.7 Å². The smallest absolute Gasteiger partial charge is 0.301 e. The maximum Gasteiger partial charge on any atom is 0.301 e. The van der Waals surface area contributed by atoms with Crippen LogP contribution >= 0.6 is 11.3 Å². The van der Waals surface area contributed by atoms with Crippen molar-refractivity contribution in [2.24, 2.45) is 0 Å². The molecule has 164 valence electrons. The highest BCUT2D eigenvalue weighted by Crippen LogP contribution is 2.43. The Kier molecular flexibility index (Phi) is 5.80. The average molecular weight is 450 g/mol. The average Bonchev–Trinajstić information content (AvgIpc) is 3.29. The van der Waals surface area contributed by atoms with E-state index in [-0.39, 0.29) is 17.4 Å². The molecule has 2 heterocycles. The molecule has 1 N–H and O–H groups in total. The van der Waals surface area contributed by atoms with Gasteiger partial charge in [-0.05, 0) is 57.5 Å². The molecule has 1 atom stereocenters. The van der Waals surface area contributed by atoms with Gasteiger partial charge in [0.1, 0.15) is 16.5 Å². The van der Waals surface area contributed by atoms with Crippen molar-refractivity contribution in [1.29, 1.82) is 0 Å². The first-order valence-corrected chi connectivity index (χ1v) is 11.0. The van der Waals surface area contributed by atoms with Crippen LogP contribution in [0.1, 0.15) is 41.6 Å². The van der Waals surface area contributed by atoms with Crippen LogP contribution in [-0.4, -0.2) is 33.1 Å². The monoisotopic (exact) mass is 449 g/mol. The van der Waals surface area contributed by atoms with E-state index in [2.05, 4.69) is 10.2 Å². The Bertz CT molecular complexity index is 1200. The summed E-state index contributed by atoms with van der Waals surface area (Å²) in [4.78, 5) is 27.5. The molecule has 4 rings (SSSR count). The quantitative estimate of drug-likeness (QED) is 0.349. The fourth-order valence-corrected chi connectivity index (χ4v) is 4.31. The van der Waals surface area contributed by atoms with Crippen molar-refractivity contribution in [3.63, 3.8) is 0 Å². The van der Waals surface area contributed by atoms with Gasteiger partial charge < -0.3 is 9.84 Å². The molecule has 8 heteroatoms. The number of ketones is 1. The first-order chi connectivity index (χ1) is 15.3. The molecule has 1 amide bonds. The van der Waals surface area contributed by atoms with E-state index >= 15 is 0 Å². The molecule has 0 aliphatic carbocycles. The molecule has 1 aliphatic rings. The Morgan fingerprint density at radius 3 is 2.25 bits per heavy atom. The number of aryl methyl sites for hydroxylation is 2. The summed E-state index contributed by atoms with van der Waals surface area (Å²) >= 11 is 1.22. The van der Waals surface area contributed by atoms with Gasteiger partial charge in [0, 0.05) is 5.56 Å². The number of hydrogen-bond acceptors (Lipinski definition) is 7. The second-order valence-corrected chi connectivity index (χ2v) is 9.03. The van der Waals surface area contributed by atoms with Crippen LogP contribution in [-0.2, 0) is 9.59 Å². The molecule has 0 unspecified atom stereocenters. The largest absolute Gasteiger partial charge is 0.507 e. The molecular formula is C24H23N3O4S. The molecule has 1 aliphatic heterocycles. The summed E-state index contributed by atoms with van der Waals surface area (Å²) in [6.07, 6.45) is 0.0108. The van der Waals surface area contributed by atoms with Crippen molar-refractivity contribution in [1.82, 2.24) is 10.2 Å². The zero-order valence-electron chi connectivity index (χ0n) is 18.2. The Morgan fingerprint density at radius 1 is 1.03 bits per heavy atom. The lowest BCUT2D eigenvalue weighted by molar-refractivity contribution is -0.132. The number of benzene rings is 2. The highest BCUT2D eigenvalue weighted by atomic mass is 32.1. The molecule has 0 saturated carbocycles. The van der Waals surface area contributed by atoms with E-state index in [1.165, 1.54) is 16.2 Å². The van der Waals surface area contributed by atoms with Crippen molar-refractivity contribution in [3.05, 3.63) is 75.8 Å². The van der Waals surface area contributed by atoms with Gasteiger partial charge in [-0.2, -0.15) is 0 Å². The summed E-state index contributed by atoms with van der Waals surface area (Å²) in [6.45, 7) is 7.58. The van der Waals surface area contributed by atoms with Crippen LogP contribution in [0, 0.1) is 13.8 Å². The lowest BCUT2D eigenvalue weighted by atomic mass is 9.95. The lowest BCUT2D eigenvalue weighted by Gasteiger charge is -2.22. The molecule has 2 aromatic carbocycles. The van der Waals surface area contributed by atoms with Crippen LogP contribution < -0.4 is 9.64 Å². The molecule has 1 saturated heterocycles. The van der Waals surface area contributed by atoms with Gasteiger partial charge in [0.05, 0.1) is 17.7 Å². The molecule has 7 nitrogen and oxygen atoms in total. The first kappa shape index (κ1) is 21.7. The number of rotatable bonds is 5. The molecule has 3 aromatic rings. The number of nitrogens with zero attached hydrogens (tertiary/aromatic N) is 3. The van der Waals surface area contributed by atoms with Crippen molar-refractivity contribution < 1.29 is 19.4 Å². The van der Waals surface area contributed by atoms with Crippen molar-refractivity contribution >= 4 is 33.9 Å². The highest BCUT2D eigenvalue weighted by Gasteiger charge is 2.48. The molecule has 0 radical (unpaired) electrons. The fraction of sp³-hybridized carbons (Fsp3) is 0.250. The summed E-state index contributed by atoms with van der Waals surface area (Å²) in [6, 6.07) is 13.5. The van der Waals surface area contributed by atoms with Crippen molar-refractivity contribution in [2.75, 3.05) is 4.90 Å². The van der Waals surface area contributed by atoms with Crippen LogP contribution in [0.25, 0.3) is 5.76 Å². The number of carbonyl (C=O) groups is 2. The Morgan fingerprint density at radius 2 is 1.69 bits per heavy atom. The minimum absolute atomic E-state index is 0.0108. The minimum atomic E-state index is -0.811. The number of amides is 1. The van der Waals surface area contributed by atoms with Gasteiger partial charge in [-0.3, -0.25) is 14.5 Å². The van der Waals surface area contributed by atoms with Crippen LogP contribution in [0.3, 0.4) is 0 Å². The van der Waals surface area contributed by atoms with Crippen LogP contribution in [0.15, 0.2) is 54.1 Å². The molecule has 1 fully saturated rings. The van der Waals surface area contributed by atoms with Gasteiger partial charge in [-0.15, -0.1) is 10.2 Å². The topological polar surface area (TPSA) is 92.6 Å². The fourth-order valence-electron chi connectivity index (χ4n) is 3.60. The van der Waals surface area contributed by atoms with Crippen LogP contribution in [0.2, 0.25) is 0 Å². The standard InChI is InChI=1S/C24H23N3O4S/c1-13(2)31-18-11-9-17(10-12-18)21(28)19-20(16-7-5-14(3)6-8-16)27(23(30)22(19)29)24-26-25-15(4)32-24/h5-13,20,28H,1-4H3/t20-/m1/s1. The van der Waals surface area contributed by atoms with Gasteiger partial charge >= 0.3 is 5.91 Å². The van der Waals surface area contributed by atoms with E-state index in [4.69, 9.17) is 4.74 Å². The number of carbonyl (C=O) groups excluding carboxylic acids is 2. The molecular weight excluding hydrogens is 426 g/mol. The third kappa shape index (κ3) is 4.01. The summed E-state index contributed by atoms with van der Waals surface area (Å²) in [5, 5.41) is 20.2. The third-order valence-corrected chi connectivity index (χ3v) is 5.90. The second kappa shape index (κ2) is 8.55. The van der Waals surface area contributed by atoms with Gasteiger partial charge in [0.25, 0.3) is 5.78 Å². The number of aliphatic hydroxyl groups is 1. The number of Topliss-reactive ketones (excluding diaryl/α,β-unsaturated/α-hetero) is 1. The summed E-state index contributed by atoms with van der Waals surface area (Å²) < 4.78 is 5.65. The summed E-state index contributed by atoms with van der Waals surface area (Å²) in [7, 11) is 0. The van der Waals surface area contributed by atoms with E-state index in [0.717, 1.165) is 5.56 Å². The van der Waals surface area contributed by atoms with Crippen LogP contribution in [0.5, 0.6) is 5.75 Å². The van der Waals surface area contributed by atoms with Gasteiger partial charge in [0.15, 0.2) is 0 Å². The third-order valence-electron chi connectivity index (χ3n) is 5.06. The zero-order chi connectivity index (χ0) is 23.0. The maximum absolute atomic E-state index is 13.1. The Hall–Kier alpha value is -3.52. The zero-order valence-corrected chi connectivity index (χ0v) is 19.0. The van der Waals surface area contributed by atoms with E-state index in [0.29, 0.717) is 27.0 Å². The first-order valence-electron chi connectivity index (χ1n) is 10.2. The SMILES string of the molecule is Cc1ccc([C@@H]2C(=C(O)c3ccc(OC(C)C)cc3)C(=O)C(=O)N2c2nnc(C)s2)cc1. The predicted octanol–water partition coefficient (Wildman–Crippen LogP) is 4.57. The molecule has 0 bridgehead atoms. The number of hydrogen-bond donors (Lipinski definition) is 1. The lowest BCUT2D eigenvalue weighted by Crippen LogP contribution is -2.29. The molecule has 0 spiro atoms. The van der Waals surface area contributed by atoms with E-state index in [9.17, 15) is 14.7 Å².